The molecule has 3 heteroatoms. The molecule has 1 unspecified atom stereocenters. The van der Waals surface area contributed by atoms with Crippen molar-refractivity contribution < 1.29 is 5.11 Å². The predicted molar refractivity (Wildman–Crippen MR) is 64.1 cm³/mol. The summed E-state index contributed by atoms with van der Waals surface area (Å²) in [5.41, 5.74) is 0.832. The molecule has 0 aliphatic rings. The Morgan fingerprint density at radius 2 is 2.13 bits per heavy atom. The molecule has 0 aliphatic carbocycles. The van der Waals surface area contributed by atoms with Gasteiger partial charge in [0.2, 0.25) is 0 Å². The number of rotatable bonds is 4. The van der Waals surface area contributed by atoms with Crippen molar-refractivity contribution in [3.05, 3.63) is 34.9 Å². The van der Waals surface area contributed by atoms with Gasteiger partial charge in [0.25, 0.3) is 0 Å². The van der Waals surface area contributed by atoms with Crippen molar-refractivity contribution in [2.24, 2.45) is 0 Å². The summed E-state index contributed by atoms with van der Waals surface area (Å²) in [6.07, 6.45) is -0.392. The molecule has 2 N–H and O–H groups in total. The third-order valence-electron chi connectivity index (χ3n) is 2.68. The lowest BCUT2D eigenvalue weighted by atomic mass is 9.98. The number of hydrogen-bond donors (Lipinski definition) is 2. The van der Waals surface area contributed by atoms with Crippen LogP contribution in [0.1, 0.15) is 26.3 Å². The molecule has 0 aromatic heterocycles. The molecule has 0 amide bonds. The molecule has 0 heterocycles. The highest BCUT2D eigenvalue weighted by Crippen LogP contribution is 2.13. The van der Waals surface area contributed by atoms with E-state index in [2.05, 4.69) is 5.32 Å². The maximum Gasteiger partial charge on any atom is 0.0688 e. The fourth-order valence-electron chi connectivity index (χ4n) is 1.12. The van der Waals surface area contributed by atoms with Gasteiger partial charge < -0.3 is 10.4 Å². The first kappa shape index (κ1) is 12.5. The second kappa shape index (κ2) is 4.97. The van der Waals surface area contributed by atoms with Gasteiger partial charge in [-0.3, -0.25) is 0 Å². The fourth-order valence-corrected chi connectivity index (χ4v) is 1.34. The molecule has 15 heavy (non-hydrogen) atoms. The highest BCUT2D eigenvalue weighted by atomic mass is 35.5. The Morgan fingerprint density at radius 3 is 2.67 bits per heavy atom. The first-order chi connectivity index (χ1) is 6.92. The molecule has 1 aromatic rings. The van der Waals surface area contributed by atoms with E-state index in [-0.39, 0.29) is 5.54 Å². The number of nitrogens with one attached hydrogen (secondary N) is 1. The minimum absolute atomic E-state index is 0.289. The summed E-state index contributed by atoms with van der Waals surface area (Å²) in [4.78, 5) is 0. The first-order valence-corrected chi connectivity index (χ1v) is 5.47. The van der Waals surface area contributed by atoms with E-state index >= 15 is 0 Å². The summed E-state index contributed by atoms with van der Waals surface area (Å²) < 4.78 is 0. The van der Waals surface area contributed by atoms with Crippen LogP contribution >= 0.6 is 11.6 Å². The molecule has 1 atom stereocenters. The Hall–Kier alpha value is -0.570. The first-order valence-electron chi connectivity index (χ1n) is 5.09. The summed E-state index contributed by atoms with van der Waals surface area (Å²) in [6.45, 7) is 6.44. The molecule has 0 aliphatic heterocycles. The van der Waals surface area contributed by atoms with Gasteiger partial charge >= 0.3 is 0 Å². The van der Waals surface area contributed by atoms with Crippen LogP contribution in [0.4, 0.5) is 0 Å². The SMILES string of the molecule is CC(O)C(C)(C)NCc1cccc(Cl)c1. The van der Waals surface area contributed by atoms with Crippen molar-refractivity contribution in [3.63, 3.8) is 0 Å². The van der Waals surface area contributed by atoms with Crippen LogP contribution in [-0.4, -0.2) is 16.7 Å². The van der Waals surface area contributed by atoms with Crippen LogP contribution in [0.3, 0.4) is 0 Å². The van der Waals surface area contributed by atoms with E-state index < -0.39 is 6.10 Å². The van der Waals surface area contributed by atoms with Crippen molar-refractivity contribution in [2.45, 2.75) is 39.0 Å². The van der Waals surface area contributed by atoms with Gasteiger partial charge in [-0.1, -0.05) is 23.7 Å². The lowest BCUT2D eigenvalue weighted by Gasteiger charge is -2.29. The van der Waals surface area contributed by atoms with Crippen LogP contribution in [0.2, 0.25) is 5.02 Å². The molecule has 0 radical (unpaired) electrons. The normalized spacial score (nSPS) is 13.9. The summed E-state index contributed by atoms with van der Waals surface area (Å²) in [5.74, 6) is 0. The van der Waals surface area contributed by atoms with E-state index in [0.717, 1.165) is 10.6 Å². The van der Waals surface area contributed by atoms with Crippen LogP contribution in [-0.2, 0) is 6.54 Å². The molecule has 1 aromatic carbocycles. The topological polar surface area (TPSA) is 32.3 Å². The van der Waals surface area contributed by atoms with Gasteiger partial charge in [-0.05, 0) is 38.5 Å². The van der Waals surface area contributed by atoms with E-state index in [1.54, 1.807) is 6.92 Å². The summed E-state index contributed by atoms with van der Waals surface area (Å²) in [5, 5.41) is 13.6. The molecule has 0 saturated heterocycles. The summed E-state index contributed by atoms with van der Waals surface area (Å²) in [6, 6.07) is 7.71. The van der Waals surface area contributed by atoms with Crippen LogP contribution in [0.25, 0.3) is 0 Å². The highest BCUT2D eigenvalue weighted by Gasteiger charge is 2.22. The van der Waals surface area contributed by atoms with Crippen LogP contribution in [0, 0.1) is 0 Å². The van der Waals surface area contributed by atoms with Gasteiger partial charge in [0.1, 0.15) is 0 Å². The molecule has 84 valence electrons. The Balaban J connectivity index is 2.57. The average molecular weight is 228 g/mol. The fraction of sp³-hybridized carbons (Fsp3) is 0.500. The van der Waals surface area contributed by atoms with Crippen LogP contribution in [0.15, 0.2) is 24.3 Å². The zero-order valence-corrected chi connectivity index (χ0v) is 10.2. The Labute approximate surface area is 96.3 Å². The van der Waals surface area contributed by atoms with Gasteiger partial charge in [0.05, 0.1) is 6.10 Å². The zero-order valence-electron chi connectivity index (χ0n) is 9.42. The highest BCUT2D eigenvalue weighted by molar-refractivity contribution is 6.30. The molecule has 0 bridgehead atoms. The van der Waals surface area contributed by atoms with E-state index in [1.165, 1.54) is 0 Å². The second-order valence-corrected chi connectivity index (χ2v) is 4.82. The molecular formula is C12H18ClNO. The molecule has 0 saturated carbocycles. The minimum atomic E-state index is -0.392. The Morgan fingerprint density at radius 1 is 1.47 bits per heavy atom. The second-order valence-electron chi connectivity index (χ2n) is 4.38. The maximum atomic E-state index is 9.52. The maximum absolute atomic E-state index is 9.52. The quantitative estimate of drug-likeness (QED) is 0.829. The van der Waals surface area contributed by atoms with Crippen molar-refractivity contribution in [1.29, 1.82) is 0 Å². The van der Waals surface area contributed by atoms with Crippen molar-refractivity contribution in [2.75, 3.05) is 0 Å². The smallest absolute Gasteiger partial charge is 0.0688 e. The van der Waals surface area contributed by atoms with Gasteiger partial charge in [-0.2, -0.15) is 0 Å². The standard InChI is InChI=1S/C12H18ClNO/c1-9(15)12(2,3)14-8-10-5-4-6-11(13)7-10/h4-7,9,14-15H,8H2,1-3H3. The van der Waals surface area contributed by atoms with Gasteiger partial charge in [-0.25, -0.2) is 0 Å². The lowest BCUT2D eigenvalue weighted by molar-refractivity contribution is 0.0956. The molecule has 2 nitrogen and oxygen atoms in total. The number of benzene rings is 1. The Bertz CT molecular complexity index is 323. The summed E-state index contributed by atoms with van der Waals surface area (Å²) >= 11 is 5.88. The van der Waals surface area contributed by atoms with E-state index in [1.807, 2.05) is 38.1 Å². The van der Waals surface area contributed by atoms with Gasteiger partial charge in [0, 0.05) is 17.1 Å². The van der Waals surface area contributed by atoms with E-state index in [0.29, 0.717) is 6.54 Å². The van der Waals surface area contributed by atoms with E-state index in [4.69, 9.17) is 11.6 Å². The lowest BCUT2D eigenvalue weighted by Crippen LogP contribution is -2.47. The van der Waals surface area contributed by atoms with Crippen LogP contribution in [0.5, 0.6) is 0 Å². The number of aliphatic hydroxyl groups is 1. The van der Waals surface area contributed by atoms with E-state index in [9.17, 15) is 5.11 Å². The molecule has 0 spiro atoms. The largest absolute Gasteiger partial charge is 0.392 e. The summed E-state index contributed by atoms with van der Waals surface area (Å²) in [7, 11) is 0. The van der Waals surface area contributed by atoms with Crippen LogP contribution < -0.4 is 5.32 Å². The van der Waals surface area contributed by atoms with Crippen molar-refractivity contribution in [3.8, 4) is 0 Å². The average Bonchev–Trinajstić information content (AvgIpc) is 2.15. The zero-order chi connectivity index (χ0) is 11.5. The minimum Gasteiger partial charge on any atom is -0.392 e. The third-order valence-corrected chi connectivity index (χ3v) is 2.92. The van der Waals surface area contributed by atoms with Gasteiger partial charge in [0.15, 0.2) is 0 Å². The third kappa shape index (κ3) is 3.82. The molecular weight excluding hydrogens is 210 g/mol. The van der Waals surface area contributed by atoms with Crippen molar-refractivity contribution in [1.82, 2.24) is 5.32 Å². The van der Waals surface area contributed by atoms with Gasteiger partial charge in [-0.15, -0.1) is 0 Å². The molecule has 0 fully saturated rings. The number of aliphatic hydroxyl groups excluding tert-OH is 1. The monoisotopic (exact) mass is 227 g/mol. The molecule has 1 rings (SSSR count). The predicted octanol–water partition coefficient (Wildman–Crippen LogP) is 2.59. The number of halogens is 1. The number of hydrogen-bond acceptors (Lipinski definition) is 2. The van der Waals surface area contributed by atoms with Crippen molar-refractivity contribution >= 4 is 11.6 Å². The Kier molecular flexibility index (Phi) is 4.14.